The highest BCUT2D eigenvalue weighted by Crippen LogP contribution is 2.21. The molecule has 0 amide bonds. The molecule has 0 aliphatic rings. The number of ether oxygens (including phenoxy) is 1. The topological polar surface area (TPSA) is 47.3 Å². The number of nitrogens with two attached hydrogens (primary N) is 1. The lowest BCUT2D eigenvalue weighted by molar-refractivity contribution is 0.267. The third-order valence-corrected chi connectivity index (χ3v) is 3.29. The van der Waals surface area contributed by atoms with Gasteiger partial charge in [0.15, 0.2) is 0 Å². The summed E-state index contributed by atoms with van der Waals surface area (Å²) in [5.41, 5.74) is 4.42. The minimum atomic E-state index is -0.263. The van der Waals surface area contributed by atoms with E-state index in [9.17, 15) is 4.39 Å². The molecule has 3 N–H and O–H groups in total. The molecule has 2 rings (SSSR count). The van der Waals surface area contributed by atoms with Gasteiger partial charge < -0.3 is 4.74 Å². The summed E-state index contributed by atoms with van der Waals surface area (Å²) in [5.74, 6) is 6.00. The molecule has 0 saturated carbocycles. The molecule has 0 spiro atoms. The molecule has 0 aliphatic heterocycles. The molecule has 20 heavy (non-hydrogen) atoms. The Labute approximate surface area is 122 Å². The monoisotopic (exact) mass is 294 g/mol. The van der Waals surface area contributed by atoms with Gasteiger partial charge >= 0.3 is 0 Å². The Morgan fingerprint density at radius 3 is 2.55 bits per heavy atom. The summed E-state index contributed by atoms with van der Waals surface area (Å²) in [6, 6.07) is 11.5. The van der Waals surface area contributed by atoms with Gasteiger partial charge in [0, 0.05) is 5.02 Å². The van der Waals surface area contributed by atoms with Crippen LogP contribution in [-0.2, 0) is 0 Å². The minimum absolute atomic E-state index is 0.216. The molecule has 1 unspecified atom stereocenters. The standard InChI is InChI=1S/C15H16ClFN2O/c1-10-8-12(17)4-7-14(10)15(19-18)9-20-13-5-2-11(16)3-6-13/h2-8,15,19H,9,18H2,1H3. The predicted molar refractivity (Wildman–Crippen MR) is 78.1 cm³/mol. The van der Waals surface area contributed by atoms with E-state index in [1.807, 2.05) is 6.92 Å². The second kappa shape index (κ2) is 6.70. The van der Waals surface area contributed by atoms with Crippen molar-refractivity contribution < 1.29 is 9.13 Å². The first-order chi connectivity index (χ1) is 9.60. The Balaban J connectivity index is 2.07. The molecule has 0 fully saturated rings. The first kappa shape index (κ1) is 14.8. The molecule has 0 aliphatic carbocycles. The Morgan fingerprint density at radius 1 is 1.25 bits per heavy atom. The van der Waals surface area contributed by atoms with E-state index in [0.717, 1.165) is 11.1 Å². The zero-order valence-corrected chi connectivity index (χ0v) is 11.8. The van der Waals surface area contributed by atoms with E-state index in [1.54, 1.807) is 30.3 Å². The molecule has 2 aromatic rings. The number of rotatable bonds is 5. The van der Waals surface area contributed by atoms with E-state index in [0.29, 0.717) is 17.4 Å². The van der Waals surface area contributed by atoms with Crippen LogP contribution in [0.2, 0.25) is 5.02 Å². The molecule has 0 bridgehead atoms. The SMILES string of the molecule is Cc1cc(F)ccc1C(COc1ccc(Cl)cc1)NN. The van der Waals surface area contributed by atoms with Gasteiger partial charge in [0.05, 0.1) is 6.04 Å². The summed E-state index contributed by atoms with van der Waals surface area (Å²) in [5, 5.41) is 0.653. The fourth-order valence-electron chi connectivity index (χ4n) is 1.97. The largest absolute Gasteiger partial charge is 0.492 e. The molecule has 5 heteroatoms. The molecule has 2 aromatic carbocycles. The first-order valence-electron chi connectivity index (χ1n) is 6.20. The van der Waals surface area contributed by atoms with Crippen LogP contribution >= 0.6 is 11.6 Å². The Kier molecular flexibility index (Phi) is 4.95. The van der Waals surface area contributed by atoms with Crippen LogP contribution in [0.15, 0.2) is 42.5 Å². The van der Waals surface area contributed by atoms with Crippen LogP contribution in [0.1, 0.15) is 17.2 Å². The van der Waals surface area contributed by atoms with Crippen molar-refractivity contribution in [3.8, 4) is 5.75 Å². The zero-order valence-electron chi connectivity index (χ0n) is 11.1. The van der Waals surface area contributed by atoms with E-state index in [4.69, 9.17) is 22.2 Å². The summed E-state index contributed by atoms with van der Waals surface area (Å²) in [4.78, 5) is 0. The van der Waals surface area contributed by atoms with Crippen molar-refractivity contribution in [2.75, 3.05) is 6.61 Å². The van der Waals surface area contributed by atoms with Crippen LogP contribution in [-0.4, -0.2) is 6.61 Å². The molecule has 0 saturated heterocycles. The molecule has 0 heterocycles. The van der Waals surface area contributed by atoms with Gasteiger partial charge in [-0.05, 0) is 54.4 Å². The van der Waals surface area contributed by atoms with E-state index >= 15 is 0 Å². The Morgan fingerprint density at radius 2 is 1.95 bits per heavy atom. The highest BCUT2D eigenvalue weighted by atomic mass is 35.5. The van der Waals surface area contributed by atoms with Crippen LogP contribution in [0, 0.1) is 12.7 Å². The summed E-state index contributed by atoms with van der Waals surface area (Å²) in [6.07, 6.45) is 0. The lowest BCUT2D eigenvalue weighted by Crippen LogP contribution is -2.32. The average molecular weight is 295 g/mol. The summed E-state index contributed by atoms with van der Waals surface area (Å²) >= 11 is 5.81. The summed E-state index contributed by atoms with van der Waals surface area (Å²) in [6.45, 7) is 2.18. The molecule has 0 radical (unpaired) electrons. The highest BCUT2D eigenvalue weighted by molar-refractivity contribution is 6.30. The quantitative estimate of drug-likeness (QED) is 0.656. The number of hydrazine groups is 1. The lowest BCUT2D eigenvalue weighted by atomic mass is 10.0. The van der Waals surface area contributed by atoms with Gasteiger partial charge in [0.1, 0.15) is 18.2 Å². The summed E-state index contributed by atoms with van der Waals surface area (Å²) < 4.78 is 18.8. The highest BCUT2D eigenvalue weighted by Gasteiger charge is 2.13. The van der Waals surface area contributed by atoms with Crippen LogP contribution in [0.3, 0.4) is 0 Å². The van der Waals surface area contributed by atoms with Crippen molar-refractivity contribution >= 4 is 11.6 Å². The molecule has 1 atom stereocenters. The Bertz CT molecular complexity index is 575. The van der Waals surface area contributed by atoms with Crippen molar-refractivity contribution in [2.24, 2.45) is 5.84 Å². The fraction of sp³-hybridized carbons (Fsp3) is 0.200. The molecule has 106 valence electrons. The second-order valence-corrected chi connectivity index (χ2v) is 4.92. The maximum Gasteiger partial charge on any atom is 0.123 e. The number of aryl methyl sites for hydroxylation is 1. The van der Waals surface area contributed by atoms with Crippen LogP contribution in [0.5, 0.6) is 5.75 Å². The zero-order chi connectivity index (χ0) is 14.5. The number of benzene rings is 2. The smallest absolute Gasteiger partial charge is 0.123 e. The average Bonchev–Trinajstić information content (AvgIpc) is 2.43. The maximum absolute atomic E-state index is 13.1. The lowest BCUT2D eigenvalue weighted by Gasteiger charge is -2.19. The van der Waals surface area contributed by atoms with E-state index in [1.165, 1.54) is 12.1 Å². The summed E-state index contributed by atoms with van der Waals surface area (Å²) in [7, 11) is 0. The van der Waals surface area contributed by atoms with Gasteiger partial charge in [0.25, 0.3) is 0 Å². The van der Waals surface area contributed by atoms with E-state index < -0.39 is 0 Å². The number of halogens is 2. The van der Waals surface area contributed by atoms with E-state index in [-0.39, 0.29) is 11.9 Å². The normalized spacial score (nSPS) is 12.2. The number of hydrogen-bond acceptors (Lipinski definition) is 3. The van der Waals surface area contributed by atoms with Crippen LogP contribution in [0.25, 0.3) is 0 Å². The van der Waals surface area contributed by atoms with Gasteiger partial charge in [0.2, 0.25) is 0 Å². The van der Waals surface area contributed by atoms with Gasteiger partial charge in [-0.3, -0.25) is 5.84 Å². The van der Waals surface area contributed by atoms with Crippen molar-refractivity contribution in [3.63, 3.8) is 0 Å². The third-order valence-electron chi connectivity index (χ3n) is 3.04. The van der Waals surface area contributed by atoms with Crippen molar-refractivity contribution in [2.45, 2.75) is 13.0 Å². The third kappa shape index (κ3) is 3.70. The second-order valence-electron chi connectivity index (χ2n) is 4.49. The first-order valence-corrected chi connectivity index (χ1v) is 6.58. The van der Waals surface area contributed by atoms with Gasteiger partial charge in [-0.25, -0.2) is 9.82 Å². The molecular weight excluding hydrogens is 279 g/mol. The van der Waals surface area contributed by atoms with Gasteiger partial charge in [-0.1, -0.05) is 17.7 Å². The van der Waals surface area contributed by atoms with Crippen LogP contribution in [0.4, 0.5) is 4.39 Å². The van der Waals surface area contributed by atoms with Crippen molar-refractivity contribution in [1.82, 2.24) is 5.43 Å². The minimum Gasteiger partial charge on any atom is -0.492 e. The van der Waals surface area contributed by atoms with Gasteiger partial charge in [-0.2, -0.15) is 0 Å². The van der Waals surface area contributed by atoms with E-state index in [2.05, 4.69) is 5.43 Å². The van der Waals surface area contributed by atoms with Gasteiger partial charge in [-0.15, -0.1) is 0 Å². The molecular formula is C15H16ClFN2O. The van der Waals surface area contributed by atoms with Crippen molar-refractivity contribution in [1.29, 1.82) is 0 Å². The Hall–Kier alpha value is -1.62. The predicted octanol–water partition coefficient (Wildman–Crippen LogP) is 3.37. The maximum atomic E-state index is 13.1. The van der Waals surface area contributed by atoms with Crippen molar-refractivity contribution in [3.05, 3.63) is 64.4 Å². The molecule has 3 nitrogen and oxygen atoms in total. The fourth-order valence-corrected chi connectivity index (χ4v) is 2.09. The van der Waals surface area contributed by atoms with Crippen LogP contribution < -0.4 is 16.0 Å². The number of hydrogen-bond donors (Lipinski definition) is 2. The molecule has 0 aromatic heterocycles. The number of nitrogens with one attached hydrogen (secondary N) is 1.